The van der Waals surface area contributed by atoms with Crippen molar-refractivity contribution in [3.63, 3.8) is 0 Å². The van der Waals surface area contributed by atoms with E-state index >= 15 is 0 Å². The van der Waals surface area contributed by atoms with E-state index in [0.29, 0.717) is 24.3 Å². The zero-order chi connectivity index (χ0) is 13.5. The van der Waals surface area contributed by atoms with Crippen LogP contribution in [0.25, 0.3) is 0 Å². The van der Waals surface area contributed by atoms with Crippen LogP contribution in [-0.2, 0) is 4.79 Å². The van der Waals surface area contributed by atoms with Gasteiger partial charge in [-0.3, -0.25) is 9.69 Å². The highest BCUT2D eigenvalue weighted by molar-refractivity contribution is 5.76. The maximum atomic E-state index is 11.7. The second-order valence-electron chi connectivity index (χ2n) is 6.31. The lowest BCUT2D eigenvalue weighted by Gasteiger charge is -2.37. The number of amides is 1. The number of carbonyl (C=O) groups is 1. The second kappa shape index (κ2) is 7.78. The van der Waals surface area contributed by atoms with E-state index in [-0.39, 0.29) is 5.91 Å². The van der Waals surface area contributed by atoms with Gasteiger partial charge < -0.3 is 5.32 Å². The SMILES string of the molecule is CC(C)CC(=O)NCC(C(C)C)N1CCCCC1. The average Bonchev–Trinajstić information content (AvgIpc) is 2.29. The molecule has 18 heavy (non-hydrogen) atoms. The van der Waals surface area contributed by atoms with Gasteiger partial charge >= 0.3 is 0 Å². The fourth-order valence-electron chi connectivity index (χ4n) is 2.70. The van der Waals surface area contributed by atoms with Crippen LogP contribution < -0.4 is 5.32 Å². The van der Waals surface area contributed by atoms with Gasteiger partial charge in [0.25, 0.3) is 0 Å². The van der Waals surface area contributed by atoms with Gasteiger partial charge in [0, 0.05) is 19.0 Å². The molecule has 0 aromatic carbocycles. The summed E-state index contributed by atoms with van der Waals surface area (Å²) in [5, 5.41) is 3.11. The van der Waals surface area contributed by atoms with Crippen molar-refractivity contribution in [3.8, 4) is 0 Å². The summed E-state index contributed by atoms with van der Waals surface area (Å²) in [5.74, 6) is 1.24. The summed E-state index contributed by atoms with van der Waals surface area (Å²) >= 11 is 0. The third-order valence-electron chi connectivity index (χ3n) is 3.73. The maximum Gasteiger partial charge on any atom is 0.220 e. The minimum Gasteiger partial charge on any atom is -0.355 e. The first-order valence-electron chi connectivity index (χ1n) is 7.51. The first-order valence-corrected chi connectivity index (χ1v) is 7.51. The molecule has 0 aromatic rings. The van der Waals surface area contributed by atoms with E-state index in [0.717, 1.165) is 6.54 Å². The molecule has 0 radical (unpaired) electrons. The molecule has 1 N–H and O–H groups in total. The lowest BCUT2D eigenvalue weighted by atomic mass is 9.99. The summed E-state index contributed by atoms with van der Waals surface area (Å²) < 4.78 is 0. The van der Waals surface area contributed by atoms with E-state index in [1.807, 2.05) is 0 Å². The third-order valence-corrected chi connectivity index (χ3v) is 3.73. The lowest BCUT2D eigenvalue weighted by Crippen LogP contribution is -2.48. The van der Waals surface area contributed by atoms with Crippen molar-refractivity contribution in [2.24, 2.45) is 11.8 Å². The van der Waals surface area contributed by atoms with Crippen molar-refractivity contribution in [2.75, 3.05) is 19.6 Å². The van der Waals surface area contributed by atoms with E-state index in [2.05, 4.69) is 37.9 Å². The Morgan fingerprint density at radius 2 is 1.72 bits per heavy atom. The van der Waals surface area contributed by atoms with E-state index in [1.165, 1.54) is 32.4 Å². The number of nitrogens with zero attached hydrogens (tertiary/aromatic N) is 1. The Kier molecular flexibility index (Phi) is 6.69. The Bertz CT molecular complexity index is 245. The summed E-state index contributed by atoms with van der Waals surface area (Å²) in [6.07, 6.45) is 4.62. The molecule has 1 heterocycles. The molecule has 1 saturated heterocycles. The molecule has 1 unspecified atom stereocenters. The standard InChI is InChI=1S/C15H30N2O/c1-12(2)10-15(18)16-11-14(13(3)4)17-8-6-5-7-9-17/h12-14H,5-11H2,1-4H3,(H,16,18). The van der Waals surface area contributed by atoms with Gasteiger partial charge in [0.05, 0.1) is 0 Å². The van der Waals surface area contributed by atoms with Crippen molar-refractivity contribution in [2.45, 2.75) is 59.4 Å². The summed E-state index contributed by atoms with van der Waals surface area (Å²) in [6, 6.07) is 0.501. The topological polar surface area (TPSA) is 32.3 Å². The summed E-state index contributed by atoms with van der Waals surface area (Å²) in [5.41, 5.74) is 0. The highest BCUT2D eigenvalue weighted by atomic mass is 16.1. The van der Waals surface area contributed by atoms with Crippen molar-refractivity contribution in [3.05, 3.63) is 0 Å². The summed E-state index contributed by atoms with van der Waals surface area (Å²) in [7, 11) is 0. The van der Waals surface area contributed by atoms with Gasteiger partial charge in [-0.1, -0.05) is 34.1 Å². The van der Waals surface area contributed by atoms with Crippen LogP contribution in [0.4, 0.5) is 0 Å². The summed E-state index contributed by atoms with van der Waals surface area (Å²) in [4.78, 5) is 14.3. The van der Waals surface area contributed by atoms with Crippen LogP contribution in [0.3, 0.4) is 0 Å². The van der Waals surface area contributed by atoms with Gasteiger partial charge in [0.2, 0.25) is 5.91 Å². The quantitative estimate of drug-likeness (QED) is 0.790. The monoisotopic (exact) mass is 254 g/mol. The van der Waals surface area contributed by atoms with Gasteiger partial charge in [-0.2, -0.15) is 0 Å². The van der Waals surface area contributed by atoms with Crippen LogP contribution in [0.15, 0.2) is 0 Å². The van der Waals surface area contributed by atoms with Crippen LogP contribution in [0.2, 0.25) is 0 Å². The van der Waals surface area contributed by atoms with Crippen molar-refractivity contribution >= 4 is 5.91 Å². The fraction of sp³-hybridized carbons (Fsp3) is 0.933. The van der Waals surface area contributed by atoms with Crippen LogP contribution >= 0.6 is 0 Å². The summed E-state index contributed by atoms with van der Waals surface area (Å²) in [6.45, 7) is 11.9. The Morgan fingerprint density at radius 3 is 2.22 bits per heavy atom. The molecule has 3 heteroatoms. The highest BCUT2D eigenvalue weighted by Gasteiger charge is 2.23. The minimum atomic E-state index is 0.202. The van der Waals surface area contributed by atoms with Crippen LogP contribution in [0.1, 0.15) is 53.4 Å². The molecular weight excluding hydrogens is 224 g/mol. The van der Waals surface area contributed by atoms with Gasteiger partial charge in [-0.25, -0.2) is 0 Å². The number of hydrogen-bond acceptors (Lipinski definition) is 2. The number of rotatable bonds is 6. The molecule has 0 spiro atoms. The fourth-order valence-corrected chi connectivity index (χ4v) is 2.70. The zero-order valence-electron chi connectivity index (χ0n) is 12.5. The Hall–Kier alpha value is -0.570. The Labute approximate surface area is 112 Å². The molecule has 106 valence electrons. The molecule has 0 aromatic heterocycles. The van der Waals surface area contributed by atoms with Crippen molar-refractivity contribution < 1.29 is 4.79 Å². The molecule has 3 nitrogen and oxygen atoms in total. The average molecular weight is 254 g/mol. The predicted octanol–water partition coefficient (Wildman–Crippen LogP) is 2.66. The molecule has 0 aliphatic carbocycles. The molecule has 1 aliphatic rings. The van der Waals surface area contributed by atoms with Gasteiger partial charge in [-0.05, 0) is 37.8 Å². The Balaban J connectivity index is 2.40. The molecular formula is C15H30N2O. The first kappa shape index (κ1) is 15.5. The molecule has 0 saturated carbocycles. The lowest BCUT2D eigenvalue weighted by molar-refractivity contribution is -0.122. The maximum absolute atomic E-state index is 11.7. The van der Waals surface area contributed by atoms with Gasteiger partial charge in [0.15, 0.2) is 0 Å². The van der Waals surface area contributed by atoms with Crippen molar-refractivity contribution in [1.82, 2.24) is 10.2 Å². The molecule has 1 rings (SSSR count). The van der Waals surface area contributed by atoms with Crippen LogP contribution in [0, 0.1) is 11.8 Å². The van der Waals surface area contributed by atoms with Gasteiger partial charge in [-0.15, -0.1) is 0 Å². The van der Waals surface area contributed by atoms with E-state index in [9.17, 15) is 4.79 Å². The largest absolute Gasteiger partial charge is 0.355 e. The predicted molar refractivity (Wildman–Crippen MR) is 76.5 cm³/mol. The first-order chi connectivity index (χ1) is 8.50. The van der Waals surface area contributed by atoms with Crippen LogP contribution in [-0.4, -0.2) is 36.5 Å². The zero-order valence-corrected chi connectivity index (χ0v) is 12.5. The molecule has 1 aliphatic heterocycles. The second-order valence-corrected chi connectivity index (χ2v) is 6.31. The third kappa shape index (κ3) is 5.38. The Morgan fingerprint density at radius 1 is 1.11 bits per heavy atom. The van der Waals surface area contributed by atoms with E-state index in [1.54, 1.807) is 0 Å². The molecule has 0 bridgehead atoms. The number of nitrogens with one attached hydrogen (secondary N) is 1. The molecule has 1 fully saturated rings. The van der Waals surface area contributed by atoms with Crippen LogP contribution in [0.5, 0.6) is 0 Å². The smallest absolute Gasteiger partial charge is 0.220 e. The van der Waals surface area contributed by atoms with E-state index < -0.39 is 0 Å². The minimum absolute atomic E-state index is 0.202. The number of carbonyl (C=O) groups excluding carboxylic acids is 1. The van der Waals surface area contributed by atoms with Gasteiger partial charge in [0.1, 0.15) is 0 Å². The number of likely N-dealkylation sites (tertiary alicyclic amines) is 1. The highest BCUT2D eigenvalue weighted by Crippen LogP contribution is 2.17. The normalized spacial score (nSPS) is 19.2. The molecule has 1 atom stereocenters. The van der Waals surface area contributed by atoms with Crippen molar-refractivity contribution in [1.29, 1.82) is 0 Å². The van der Waals surface area contributed by atoms with E-state index in [4.69, 9.17) is 0 Å². The number of piperidine rings is 1. The number of hydrogen-bond donors (Lipinski definition) is 1. The molecule has 1 amide bonds.